The normalized spacial score (nSPS) is 16.0. The summed E-state index contributed by atoms with van der Waals surface area (Å²) in [6.45, 7) is 1.67. The molecule has 0 bridgehead atoms. The van der Waals surface area contributed by atoms with Crippen LogP contribution in [0.5, 0.6) is 0 Å². The molecule has 0 aromatic rings. The minimum atomic E-state index is -0.660. The number of halogens is 1. The number of carbonyl (C=O) groups is 1. The lowest BCUT2D eigenvalue weighted by molar-refractivity contribution is -0.152. The van der Waals surface area contributed by atoms with Crippen LogP contribution in [0.3, 0.4) is 0 Å². The third kappa shape index (κ3) is 2.54. The Kier molecular flexibility index (Phi) is 4.40. The third-order valence-electron chi connectivity index (χ3n) is 1.10. The maximum absolute atomic E-state index is 10.8. The van der Waals surface area contributed by atoms with Gasteiger partial charge in [0.2, 0.25) is 0 Å². The number of carbonyl (C=O) groups excluding carboxylic acids is 1. The molecule has 0 spiro atoms. The van der Waals surface area contributed by atoms with Gasteiger partial charge in [0.25, 0.3) is 0 Å². The van der Waals surface area contributed by atoms with Crippen LogP contribution in [0.25, 0.3) is 0 Å². The molecule has 0 aliphatic heterocycles. The van der Waals surface area contributed by atoms with Crippen molar-refractivity contribution in [2.75, 3.05) is 14.2 Å². The van der Waals surface area contributed by atoms with E-state index >= 15 is 0 Å². The minimum absolute atomic E-state index is 0.363. The van der Waals surface area contributed by atoms with Gasteiger partial charge in [-0.25, -0.2) is 4.79 Å². The van der Waals surface area contributed by atoms with E-state index in [9.17, 15) is 4.79 Å². The quantitative estimate of drug-likeness (QED) is 0.460. The standard InChI is InChI=1S/C6H11ClO3/c1-4(7)5(9-2)6(8)10-3/h4-5H,1-3H3/t4-,5+/m0/s1. The lowest BCUT2D eigenvalue weighted by Crippen LogP contribution is -2.31. The summed E-state index contributed by atoms with van der Waals surface area (Å²) in [6.07, 6.45) is -0.660. The molecule has 0 amide bonds. The summed E-state index contributed by atoms with van der Waals surface area (Å²) < 4.78 is 9.17. The van der Waals surface area contributed by atoms with Crippen molar-refractivity contribution >= 4 is 17.6 Å². The number of hydrogen-bond donors (Lipinski definition) is 0. The fraction of sp³-hybridized carbons (Fsp3) is 0.833. The summed E-state index contributed by atoms with van der Waals surface area (Å²) in [6, 6.07) is 0. The van der Waals surface area contributed by atoms with Gasteiger partial charge in [-0.2, -0.15) is 0 Å². The van der Waals surface area contributed by atoms with Gasteiger partial charge in [-0.1, -0.05) is 0 Å². The summed E-state index contributed by atoms with van der Waals surface area (Å²) in [5.74, 6) is -0.440. The molecule has 10 heavy (non-hydrogen) atoms. The molecule has 0 aromatic heterocycles. The first-order valence-corrected chi connectivity index (χ1v) is 3.31. The molecule has 0 N–H and O–H groups in total. The van der Waals surface area contributed by atoms with E-state index in [1.165, 1.54) is 14.2 Å². The molecule has 0 rings (SSSR count). The van der Waals surface area contributed by atoms with Crippen LogP contribution in [-0.4, -0.2) is 31.7 Å². The molecule has 0 saturated heterocycles. The first-order valence-electron chi connectivity index (χ1n) is 2.88. The van der Waals surface area contributed by atoms with Crippen LogP contribution < -0.4 is 0 Å². The van der Waals surface area contributed by atoms with Crippen molar-refractivity contribution in [3.05, 3.63) is 0 Å². The Morgan fingerprint density at radius 2 is 2.00 bits per heavy atom. The van der Waals surface area contributed by atoms with Crippen molar-refractivity contribution < 1.29 is 14.3 Å². The monoisotopic (exact) mass is 166 g/mol. The van der Waals surface area contributed by atoms with Crippen molar-refractivity contribution in [2.24, 2.45) is 0 Å². The predicted octanol–water partition coefficient (Wildman–Crippen LogP) is 0.802. The summed E-state index contributed by atoms with van der Waals surface area (Å²) in [4.78, 5) is 10.8. The van der Waals surface area contributed by atoms with E-state index in [1.807, 2.05) is 0 Å². The molecule has 0 radical (unpaired) electrons. The van der Waals surface area contributed by atoms with Crippen LogP contribution in [0.15, 0.2) is 0 Å². The zero-order valence-corrected chi connectivity index (χ0v) is 7.01. The van der Waals surface area contributed by atoms with Crippen LogP contribution in [0.1, 0.15) is 6.92 Å². The van der Waals surface area contributed by atoms with E-state index in [1.54, 1.807) is 6.92 Å². The summed E-state index contributed by atoms with van der Waals surface area (Å²) >= 11 is 5.59. The van der Waals surface area contributed by atoms with Gasteiger partial charge in [-0.3, -0.25) is 0 Å². The fourth-order valence-electron chi connectivity index (χ4n) is 0.587. The minimum Gasteiger partial charge on any atom is -0.467 e. The zero-order chi connectivity index (χ0) is 8.15. The summed E-state index contributed by atoms with van der Waals surface area (Å²) in [5, 5.41) is -0.363. The fourth-order valence-corrected chi connectivity index (χ4v) is 0.793. The van der Waals surface area contributed by atoms with Gasteiger partial charge in [0.05, 0.1) is 12.5 Å². The molecule has 60 valence electrons. The summed E-state index contributed by atoms with van der Waals surface area (Å²) in [7, 11) is 2.72. The Labute approximate surface area is 65.3 Å². The van der Waals surface area contributed by atoms with Crippen molar-refractivity contribution in [3.8, 4) is 0 Å². The van der Waals surface area contributed by atoms with Crippen LogP contribution >= 0.6 is 11.6 Å². The highest BCUT2D eigenvalue weighted by atomic mass is 35.5. The van der Waals surface area contributed by atoms with Crippen LogP contribution in [0, 0.1) is 0 Å². The molecule has 0 aromatic carbocycles. The second-order valence-corrected chi connectivity index (χ2v) is 2.55. The smallest absolute Gasteiger partial charge is 0.336 e. The van der Waals surface area contributed by atoms with Crippen molar-refractivity contribution in [3.63, 3.8) is 0 Å². The highest BCUT2D eigenvalue weighted by Gasteiger charge is 2.23. The van der Waals surface area contributed by atoms with Crippen molar-refractivity contribution in [1.29, 1.82) is 0 Å². The van der Waals surface area contributed by atoms with Crippen molar-refractivity contribution in [1.82, 2.24) is 0 Å². The van der Waals surface area contributed by atoms with E-state index in [4.69, 9.17) is 16.3 Å². The molecular formula is C6H11ClO3. The second-order valence-electron chi connectivity index (χ2n) is 1.86. The molecule has 0 aliphatic carbocycles. The van der Waals surface area contributed by atoms with Gasteiger partial charge < -0.3 is 9.47 Å². The molecule has 0 unspecified atom stereocenters. The van der Waals surface area contributed by atoms with Gasteiger partial charge in [-0.15, -0.1) is 11.6 Å². The molecule has 2 atom stereocenters. The zero-order valence-electron chi connectivity index (χ0n) is 6.26. The number of alkyl halides is 1. The van der Waals surface area contributed by atoms with Crippen LogP contribution in [0.4, 0.5) is 0 Å². The molecule has 0 fully saturated rings. The Hall–Kier alpha value is -0.280. The SMILES string of the molecule is COC(=O)[C@H](OC)[C@H](C)Cl. The van der Waals surface area contributed by atoms with E-state index in [2.05, 4.69) is 4.74 Å². The first-order chi connectivity index (χ1) is 4.63. The average Bonchev–Trinajstić information content (AvgIpc) is 1.88. The highest BCUT2D eigenvalue weighted by Crippen LogP contribution is 2.06. The lowest BCUT2D eigenvalue weighted by atomic mass is 10.3. The number of hydrogen-bond acceptors (Lipinski definition) is 3. The third-order valence-corrected chi connectivity index (χ3v) is 1.33. The van der Waals surface area contributed by atoms with Gasteiger partial charge >= 0.3 is 5.97 Å². The molecular weight excluding hydrogens is 156 g/mol. The van der Waals surface area contributed by atoms with Crippen molar-refractivity contribution in [2.45, 2.75) is 18.4 Å². The van der Waals surface area contributed by atoms with Gasteiger partial charge in [0, 0.05) is 7.11 Å². The van der Waals surface area contributed by atoms with Gasteiger partial charge in [-0.05, 0) is 6.92 Å². The Morgan fingerprint density at radius 3 is 2.10 bits per heavy atom. The number of esters is 1. The highest BCUT2D eigenvalue weighted by molar-refractivity contribution is 6.22. The predicted molar refractivity (Wildman–Crippen MR) is 38.1 cm³/mol. The Morgan fingerprint density at radius 1 is 1.50 bits per heavy atom. The average molecular weight is 167 g/mol. The lowest BCUT2D eigenvalue weighted by Gasteiger charge is -2.13. The molecule has 0 heterocycles. The molecule has 0 saturated carbocycles. The van der Waals surface area contributed by atoms with E-state index in [0.29, 0.717) is 0 Å². The second kappa shape index (κ2) is 4.52. The van der Waals surface area contributed by atoms with Crippen LogP contribution in [-0.2, 0) is 14.3 Å². The first kappa shape index (κ1) is 9.72. The maximum atomic E-state index is 10.8. The molecule has 0 aliphatic rings. The number of methoxy groups -OCH3 is 2. The molecule has 3 nitrogen and oxygen atoms in total. The van der Waals surface area contributed by atoms with Gasteiger partial charge in [0.15, 0.2) is 6.10 Å². The number of ether oxygens (including phenoxy) is 2. The van der Waals surface area contributed by atoms with E-state index in [-0.39, 0.29) is 5.38 Å². The molecule has 4 heteroatoms. The van der Waals surface area contributed by atoms with Gasteiger partial charge in [0.1, 0.15) is 0 Å². The maximum Gasteiger partial charge on any atom is 0.336 e. The van der Waals surface area contributed by atoms with E-state index in [0.717, 1.165) is 0 Å². The largest absolute Gasteiger partial charge is 0.467 e. The Balaban J connectivity index is 3.93. The topological polar surface area (TPSA) is 35.5 Å². The number of rotatable bonds is 3. The summed E-state index contributed by atoms with van der Waals surface area (Å²) in [5.41, 5.74) is 0. The Bertz CT molecular complexity index is 114. The van der Waals surface area contributed by atoms with Crippen LogP contribution in [0.2, 0.25) is 0 Å². The van der Waals surface area contributed by atoms with E-state index < -0.39 is 12.1 Å².